The van der Waals surface area contributed by atoms with Crippen LogP contribution in [0.3, 0.4) is 0 Å². The molecule has 1 unspecified atom stereocenters. The van der Waals surface area contributed by atoms with Gasteiger partial charge in [-0.1, -0.05) is 6.07 Å². The average Bonchev–Trinajstić information content (AvgIpc) is 2.77. The fourth-order valence-electron chi connectivity index (χ4n) is 1.33. The van der Waals surface area contributed by atoms with Gasteiger partial charge in [-0.05, 0) is 18.4 Å². The molecule has 0 aromatic carbocycles. The molecular weight excluding hydrogens is 240 g/mol. The van der Waals surface area contributed by atoms with E-state index in [4.69, 9.17) is 5.11 Å². The van der Waals surface area contributed by atoms with Crippen molar-refractivity contribution >= 4 is 23.3 Å². The Morgan fingerprint density at radius 1 is 1.59 bits per heavy atom. The Bertz CT molecular complexity index is 378. The summed E-state index contributed by atoms with van der Waals surface area (Å²) in [5.41, 5.74) is 0. The Kier molecular flexibility index (Phi) is 4.96. The molecule has 1 rings (SSSR count). The molecule has 0 bridgehead atoms. The van der Waals surface area contributed by atoms with E-state index in [0.29, 0.717) is 0 Å². The maximum atomic E-state index is 11.6. The number of thiophene rings is 1. The number of rotatable bonds is 5. The summed E-state index contributed by atoms with van der Waals surface area (Å²) in [6.45, 7) is 1.58. The van der Waals surface area contributed by atoms with E-state index in [2.05, 4.69) is 5.32 Å². The van der Waals surface area contributed by atoms with Crippen molar-refractivity contribution in [3.63, 3.8) is 0 Å². The van der Waals surface area contributed by atoms with Crippen molar-refractivity contribution in [2.24, 2.45) is 0 Å². The van der Waals surface area contributed by atoms with E-state index < -0.39 is 5.97 Å². The van der Waals surface area contributed by atoms with Crippen molar-refractivity contribution in [1.29, 1.82) is 0 Å². The van der Waals surface area contributed by atoms with Gasteiger partial charge in [0.15, 0.2) is 0 Å². The molecule has 0 radical (unpaired) electrons. The van der Waals surface area contributed by atoms with Gasteiger partial charge in [-0.25, -0.2) is 4.79 Å². The normalized spacial score (nSPS) is 11.9. The number of urea groups is 1. The monoisotopic (exact) mass is 256 g/mol. The Morgan fingerprint density at radius 2 is 2.29 bits per heavy atom. The Balaban J connectivity index is 2.42. The van der Waals surface area contributed by atoms with E-state index in [1.54, 1.807) is 18.4 Å². The standard InChI is InChI=1S/C11H16N2O3S/c1-8(6-9-4-3-5-17-9)13(2)11(16)12-7-10(14)15/h3-5,8H,6-7H2,1-2H3,(H,12,16)(H,14,15). The molecule has 0 saturated carbocycles. The number of hydrogen-bond acceptors (Lipinski definition) is 3. The van der Waals surface area contributed by atoms with Crippen molar-refractivity contribution < 1.29 is 14.7 Å². The SMILES string of the molecule is CC(Cc1cccs1)N(C)C(=O)NCC(=O)O. The highest BCUT2D eigenvalue weighted by molar-refractivity contribution is 7.09. The lowest BCUT2D eigenvalue weighted by Gasteiger charge is -2.24. The summed E-state index contributed by atoms with van der Waals surface area (Å²) in [6.07, 6.45) is 0.772. The van der Waals surface area contributed by atoms with Crippen LogP contribution in [0.4, 0.5) is 4.79 Å². The third-order valence-electron chi connectivity index (χ3n) is 2.45. The third kappa shape index (κ3) is 4.44. The van der Waals surface area contributed by atoms with Gasteiger partial charge in [-0.3, -0.25) is 4.79 Å². The molecule has 1 aromatic heterocycles. The largest absolute Gasteiger partial charge is 0.480 e. The molecule has 0 spiro atoms. The van der Waals surface area contributed by atoms with E-state index >= 15 is 0 Å². The van der Waals surface area contributed by atoms with Crippen molar-refractivity contribution in [1.82, 2.24) is 10.2 Å². The first-order valence-corrected chi connectivity index (χ1v) is 6.13. The van der Waals surface area contributed by atoms with Crippen molar-refractivity contribution in [2.45, 2.75) is 19.4 Å². The average molecular weight is 256 g/mol. The zero-order chi connectivity index (χ0) is 12.8. The molecule has 6 heteroatoms. The maximum absolute atomic E-state index is 11.6. The number of hydrogen-bond donors (Lipinski definition) is 2. The van der Waals surface area contributed by atoms with Crippen LogP contribution in [0, 0.1) is 0 Å². The van der Waals surface area contributed by atoms with Crippen molar-refractivity contribution in [3.8, 4) is 0 Å². The minimum absolute atomic E-state index is 0.0300. The summed E-state index contributed by atoms with van der Waals surface area (Å²) < 4.78 is 0. The number of carbonyl (C=O) groups is 2. The van der Waals surface area contributed by atoms with Gasteiger partial charge in [-0.2, -0.15) is 0 Å². The second-order valence-corrected chi connectivity index (χ2v) is 4.83. The van der Waals surface area contributed by atoms with Gasteiger partial charge in [0.1, 0.15) is 6.54 Å². The van der Waals surface area contributed by atoms with Crippen LogP contribution in [0.5, 0.6) is 0 Å². The Morgan fingerprint density at radius 3 is 2.82 bits per heavy atom. The number of amides is 2. The number of likely N-dealkylation sites (N-methyl/N-ethyl adjacent to an activating group) is 1. The Hall–Kier alpha value is -1.56. The molecule has 0 aliphatic rings. The van der Waals surface area contributed by atoms with E-state index in [0.717, 1.165) is 6.42 Å². The lowest BCUT2D eigenvalue weighted by molar-refractivity contribution is -0.135. The topological polar surface area (TPSA) is 69.6 Å². The van der Waals surface area contributed by atoms with Crippen LogP contribution >= 0.6 is 11.3 Å². The predicted octanol–water partition coefficient (Wildman–Crippen LogP) is 1.41. The van der Waals surface area contributed by atoms with Gasteiger partial charge < -0.3 is 15.3 Å². The van der Waals surface area contributed by atoms with Gasteiger partial charge in [0.05, 0.1) is 0 Å². The molecule has 2 amide bonds. The number of carboxylic acid groups (broad SMARTS) is 1. The highest BCUT2D eigenvalue weighted by Crippen LogP contribution is 2.13. The zero-order valence-electron chi connectivity index (χ0n) is 9.84. The van der Waals surface area contributed by atoms with Crippen LogP contribution < -0.4 is 5.32 Å². The van der Waals surface area contributed by atoms with Gasteiger partial charge in [-0.15, -0.1) is 11.3 Å². The van der Waals surface area contributed by atoms with Crippen LogP contribution in [0.25, 0.3) is 0 Å². The molecule has 17 heavy (non-hydrogen) atoms. The van der Waals surface area contributed by atoms with Crippen LogP contribution in [0.1, 0.15) is 11.8 Å². The first-order chi connectivity index (χ1) is 8.00. The second kappa shape index (κ2) is 6.24. The summed E-state index contributed by atoms with van der Waals surface area (Å²) in [5, 5.41) is 12.8. The molecule has 1 aromatic rings. The molecule has 2 N–H and O–H groups in total. The second-order valence-electron chi connectivity index (χ2n) is 3.80. The van der Waals surface area contributed by atoms with Crippen LogP contribution in [-0.4, -0.2) is 41.6 Å². The smallest absolute Gasteiger partial charge is 0.323 e. The van der Waals surface area contributed by atoms with Crippen LogP contribution in [0.2, 0.25) is 0 Å². The van der Waals surface area contributed by atoms with Gasteiger partial charge in [0.2, 0.25) is 0 Å². The van der Waals surface area contributed by atoms with Gasteiger partial charge in [0, 0.05) is 24.4 Å². The van der Waals surface area contributed by atoms with E-state index in [9.17, 15) is 9.59 Å². The lowest BCUT2D eigenvalue weighted by atomic mass is 10.2. The van der Waals surface area contributed by atoms with Crippen LogP contribution in [0.15, 0.2) is 17.5 Å². The first kappa shape index (κ1) is 13.5. The number of nitrogens with one attached hydrogen (secondary N) is 1. The quantitative estimate of drug-likeness (QED) is 0.836. The van der Waals surface area contributed by atoms with Gasteiger partial charge >= 0.3 is 12.0 Å². The van der Waals surface area contributed by atoms with E-state index in [1.807, 2.05) is 24.4 Å². The number of carbonyl (C=O) groups excluding carboxylic acids is 1. The summed E-state index contributed by atoms with van der Waals surface area (Å²) in [6, 6.07) is 3.65. The molecule has 0 fully saturated rings. The van der Waals surface area contributed by atoms with Gasteiger partial charge in [0.25, 0.3) is 0 Å². The number of carboxylic acids is 1. The highest BCUT2D eigenvalue weighted by Gasteiger charge is 2.16. The number of nitrogens with zero attached hydrogens (tertiary/aromatic N) is 1. The summed E-state index contributed by atoms with van der Waals surface area (Å²) in [5.74, 6) is -1.04. The fourth-order valence-corrected chi connectivity index (χ4v) is 2.16. The molecule has 1 atom stereocenters. The molecule has 0 saturated heterocycles. The summed E-state index contributed by atoms with van der Waals surface area (Å²) in [7, 11) is 1.66. The van der Waals surface area contributed by atoms with Crippen molar-refractivity contribution in [2.75, 3.05) is 13.6 Å². The highest BCUT2D eigenvalue weighted by atomic mass is 32.1. The first-order valence-electron chi connectivity index (χ1n) is 5.25. The molecule has 94 valence electrons. The molecule has 0 aliphatic heterocycles. The molecule has 5 nitrogen and oxygen atoms in total. The summed E-state index contributed by atoms with van der Waals surface area (Å²) in [4.78, 5) is 24.6. The Labute approximate surface area is 104 Å². The van der Waals surface area contributed by atoms with Crippen molar-refractivity contribution in [3.05, 3.63) is 22.4 Å². The summed E-state index contributed by atoms with van der Waals surface area (Å²) >= 11 is 1.65. The molecule has 0 aliphatic carbocycles. The minimum Gasteiger partial charge on any atom is -0.480 e. The van der Waals surface area contributed by atoms with E-state index in [-0.39, 0.29) is 18.6 Å². The maximum Gasteiger partial charge on any atom is 0.323 e. The lowest BCUT2D eigenvalue weighted by Crippen LogP contribution is -2.44. The zero-order valence-corrected chi connectivity index (χ0v) is 10.7. The number of aliphatic carboxylic acids is 1. The molecule has 1 heterocycles. The van der Waals surface area contributed by atoms with Crippen LogP contribution in [-0.2, 0) is 11.2 Å². The van der Waals surface area contributed by atoms with E-state index in [1.165, 1.54) is 9.78 Å². The fraction of sp³-hybridized carbons (Fsp3) is 0.455. The predicted molar refractivity (Wildman–Crippen MR) is 66.3 cm³/mol. The molecular formula is C11H16N2O3S. The third-order valence-corrected chi connectivity index (χ3v) is 3.35. The minimum atomic E-state index is -1.04.